The monoisotopic (exact) mass is 470 g/mol. The SMILES string of the molecule is CCOC(=O)c1c(/N=C/c2c(O)ccc3ccccc23)sc2c1CCN(Cc1ccccc1)C2. The zero-order valence-corrected chi connectivity index (χ0v) is 19.8. The fraction of sp³-hybridized carbons (Fsp3) is 0.214. The zero-order valence-electron chi connectivity index (χ0n) is 19.0. The third-order valence-electron chi connectivity index (χ3n) is 6.10. The lowest BCUT2D eigenvalue weighted by molar-refractivity contribution is 0.0526. The fourth-order valence-corrected chi connectivity index (χ4v) is 5.69. The molecule has 5 nitrogen and oxygen atoms in total. The zero-order chi connectivity index (χ0) is 23.5. The highest BCUT2D eigenvalue weighted by molar-refractivity contribution is 7.16. The third kappa shape index (κ3) is 4.47. The van der Waals surface area contributed by atoms with E-state index in [0.29, 0.717) is 22.7 Å². The molecule has 6 heteroatoms. The van der Waals surface area contributed by atoms with Gasteiger partial charge in [0.15, 0.2) is 0 Å². The van der Waals surface area contributed by atoms with E-state index in [9.17, 15) is 9.90 Å². The van der Waals surface area contributed by atoms with Crippen LogP contribution in [-0.2, 0) is 24.2 Å². The summed E-state index contributed by atoms with van der Waals surface area (Å²) in [7, 11) is 0. The van der Waals surface area contributed by atoms with Crippen molar-refractivity contribution in [2.75, 3.05) is 13.2 Å². The number of aromatic hydroxyl groups is 1. The van der Waals surface area contributed by atoms with Gasteiger partial charge in [0.2, 0.25) is 0 Å². The van der Waals surface area contributed by atoms with Crippen molar-refractivity contribution in [2.45, 2.75) is 26.4 Å². The van der Waals surface area contributed by atoms with Crippen molar-refractivity contribution in [2.24, 2.45) is 4.99 Å². The Bertz CT molecular complexity index is 1360. The molecule has 172 valence electrons. The van der Waals surface area contributed by atoms with E-state index in [1.54, 1.807) is 12.3 Å². The molecule has 3 aromatic carbocycles. The van der Waals surface area contributed by atoms with Crippen LogP contribution in [-0.4, -0.2) is 35.3 Å². The van der Waals surface area contributed by atoms with E-state index < -0.39 is 0 Å². The molecule has 1 aliphatic rings. The standard InChI is InChI=1S/C28H26N2O3S/c1-2-33-28(32)26-22-14-15-30(17-19-8-4-3-5-9-19)18-25(22)34-27(26)29-16-23-21-11-7-6-10-20(21)12-13-24(23)31/h3-13,16,31H,2,14-15,17-18H2,1H3/b29-16+. The van der Waals surface area contributed by atoms with Gasteiger partial charge < -0.3 is 9.84 Å². The summed E-state index contributed by atoms with van der Waals surface area (Å²) in [4.78, 5) is 21.2. The summed E-state index contributed by atoms with van der Waals surface area (Å²) in [5.41, 5.74) is 3.53. The van der Waals surface area contributed by atoms with Crippen LogP contribution in [0.2, 0.25) is 0 Å². The predicted molar refractivity (Wildman–Crippen MR) is 137 cm³/mol. The Labute approximate surface area is 203 Å². The molecule has 0 saturated heterocycles. The highest BCUT2D eigenvalue weighted by Gasteiger charge is 2.28. The van der Waals surface area contributed by atoms with E-state index in [1.807, 2.05) is 43.3 Å². The first-order chi connectivity index (χ1) is 16.6. The number of phenolic OH excluding ortho intramolecular Hbond substituents is 1. The molecule has 1 N–H and O–H groups in total. The summed E-state index contributed by atoms with van der Waals surface area (Å²) in [5, 5.41) is 13.1. The van der Waals surface area contributed by atoms with Gasteiger partial charge in [-0.2, -0.15) is 0 Å². The van der Waals surface area contributed by atoms with Crippen LogP contribution < -0.4 is 0 Å². The minimum absolute atomic E-state index is 0.162. The number of hydrogen-bond donors (Lipinski definition) is 1. The molecule has 0 fully saturated rings. The maximum Gasteiger partial charge on any atom is 0.341 e. The van der Waals surface area contributed by atoms with Crippen molar-refractivity contribution in [3.05, 3.63) is 93.9 Å². The summed E-state index contributed by atoms with van der Waals surface area (Å²) in [6.45, 7) is 4.65. The summed E-state index contributed by atoms with van der Waals surface area (Å²) >= 11 is 1.54. The highest BCUT2D eigenvalue weighted by Crippen LogP contribution is 2.40. The van der Waals surface area contributed by atoms with Gasteiger partial charge >= 0.3 is 5.97 Å². The molecule has 0 aliphatic carbocycles. The third-order valence-corrected chi connectivity index (χ3v) is 7.23. The lowest BCUT2D eigenvalue weighted by Crippen LogP contribution is -2.29. The van der Waals surface area contributed by atoms with Gasteiger partial charge in [-0.3, -0.25) is 4.90 Å². The lowest BCUT2D eigenvalue weighted by Gasteiger charge is -2.27. The number of benzene rings is 3. The van der Waals surface area contributed by atoms with Crippen molar-refractivity contribution in [1.29, 1.82) is 0 Å². The number of phenols is 1. The molecule has 1 aromatic heterocycles. The van der Waals surface area contributed by atoms with Crippen molar-refractivity contribution in [3.8, 4) is 5.75 Å². The molecule has 2 heterocycles. The molecule has 4 aromatic rings. The van der Waals surface area contributed by atoms with Crippen molar-refractivity contribution < 1.29 is 14.6 Å². The van der Waals surface area contributed by atoms with Gasteiger partial charge in [0.05, 0.1) is 12.2 Å². The van der Waals surface area contributed by atoms with Crippen LogP contribution in [0.1, 0.15) is 38.8 Å². The number of ether oxygens (including phenoxy) is 1. The van der Waals surface area contributed by atoms with Crippen molar-refractivity contribution in [3.63, 3.8) is 0 Å². The van der Waals surface area contributed by atoms with E-state index in [2.05, 4.69) is 29.2 Å². The van der Waals surface area contributed by atoms with Gasteiger partial charge in [-0.05, 0) is 41.3 Å². The van der Waals surface area contributed by atoms with Crippen LogP contribution in [0.5, 0.6) is 5.75 Å². The van der Waals surface area contributed by atoms with E-state index >= 15 is 0 Å². The Kier molecular flexibility index (Phi) is 6.43. The van der Waals surface area contributed by atoms with E-state index in [0.717, 1.165) is 47.3 Å². The molecule has 34 heavy (non-hydrogen) atoms. The number of nitrogens with zero attached hydrogens (tertiary/aromatic N) is 2. The second kappa shape index (κ2) is 9.79. The number of aliphatic imine (C=N–C) groups is 1. The number of carbonyl (C=O) groups excluding carboxylic acids is 1. The van der Waals surface area contributed by atoms with Crippen LogP contribution in [0.15, 0.2) is 71.7 Å². The van der Waals surface area contributed by atoms with Crippen LogP contribution >= 0.6 is 11.3 Å². The fourth-order valence-electron chi connectivity index (χ4n) is 4.47. The first-order valence-electron chi connectivity index (χ1n) is 11.5. The summed E-state index contributed by atoms with van der Waals surface area (Å²) in [6, 6.07) is 21.9. The maximum absolute atomic E-state index is 12.9. The Morgan fingerprint density at radius 1 is 1.12 bits per heavy atom. The second-order valence-corrected chi connectivity index (χ2v) is 9.41. The first-order valence-corrected chi connectivity index (χ1v) is 12.3. The maximum atomic E-state index is 12.9. The number of hydrogen-bond acceptors (Lipinski definition) is 6. The smallest absolute Gasteiger partial charge is 0.341 e. The van der Waals surface area contributed by atoms with Gasteiger partial charge in [0, 0.05) is 36.3 Å². The van der Waals surface area contributed by atoms with Crippen LogP contribution in [0.25, 0.3) is 10.8 Å². The van der Waals surface area contributed by atoms with Crippen molar-refractivity contribution >= 4 is 39.3 Å². The average molecular weight is 471 g/mol. The molecule has 0 saturated carbocycles. The average Bonchev–Trinajstić information content (AvgIpc) is 3.22. The molecular weight excluding hydrogens is 444 g/mol. The number of thiophene rings is 1. The molecule has 0 spiro atoms. The molecular formula is C28H26N2O3S. The molecule has 0 unspecified atom stereocenters. The van der Waals surface area contributed by atoms with Gasteiger partial charge in [-0.25, -0.2) is 9.79 Å². The predicted octanol–water partition coefficient (Wildman–Crippen LogP) is 6.09. The van der Waals surface area contributed by atoms with Gasteiger partial charge in [-0.15, -0.1) is 11.3 Å². The molecule has 0 amide bonds. The molecule has 0 atom stereocenters. The van der Waals surface area contributed by atoms with Gasteiger partial charge in [0.1, 0.15) is 10.8 Å². The number of rotatable bonds is 6. The topological polar surface area (TPSA) is 62.1 Å². The molecule has 1 aliphatic heterocycles. The normalized spacial score (nSPS) is 13.9. The van der Waals surface area contributed by atoms with E-state index in [4.69, 9.17) is 9.73 Å². The van der Waals surface area contributed by atoms with E-state index in [-0.39, 0.29) is 11.7 Å². The van der Waals surface area contributed by atoms with Gasteiger partial charge in [0.25, 0.3) is 0 Å². The quantitative estimate of drug-likeness (QED) is 0.274. The minimum atomic E-state index is -0.328. The Hall–Kier alpha value is -3.48. The lowest BCUT2D eigenvalue weighted by atomic mass is 10.0. The van der Waals surface area contributed by atoms with Gasteiger partial charge in [-0.1, -0.05) is 60.7 Å². The van der Waals surface area contributed by atoms with Crippen LogP contribution in [0.3, 0.4) is 0 Å². The summed E-state index contributed by atoms with van der Waals surface area (Å²) in [5.74, 6) is -0.165. The van der Waals surface area contributed by atoms with Crippen molar-refractivity contribution in [1.82, 2.24) is 4.90 Å². The number of esters is 1. The molecule has 0 bridgehead atoms. The largest absolute Gasteiger partial charge is 0.507 e. The molecule has 5 rings (SSSR count). The molecule has 0 radical (unpaired) electrons. The number of fused-ring (bicyclic) bond motifs is 2. The number of carbonyl (C=O) groups is 1. The Morgan fingerprint density at radius 2 is 1.91 bits per heavy atom. The second-order valence-electron chi connectivity index (χ2n) is 8.33. The highest BCUT2D eigenvalue weighted by atomic mass is 32.1. The Morgan fingerprint density at radius 3 is 2.74 bits per heavy atom. The summed E-state index contributed by atoms with van der Waals surface area (Å²) in [6.07, 6.45) is 2.45. The minimum Gasteiger partial charge on any atom is -0.507 e. The van der Waals surface area contributed by atoms with Crippen LogP contribution in [0.4, 0.5) is 5.00 Å². The van der Waals surface area contributed by atoms with Crippen LogP contribution in [0, 0.1) is 0 Å². The summed E-state index contributed by atoms with van der Waals surface area (Å²) < 4.78 is 5.39. The van der Waals surface area contributed by atoms with E-state index in [1.165, 1.54) is 16.9 Å². The first kappa shape index (κ1) is 22.3. The Balaban J connectivity index is 1.50.